The molecule has 0 amide bonds. The summed E-state index contributed by atoms with van der Waals surface area (Å²) in [6.07, 6.45) is 12.8. The van der Waals surface area contributed by atoms with Gasteiger partial charge in [-0.15, -0.1) is 22.7 Å². The molecule has 0 saturated heterocycles. The van der Waals surface area contributed by atoms with Crippen molar-refractivity contribution in [2.24, 2.45) is 0 Å². The fourth-order valence-corrected chi connectivity index (χ4v) is 8.74. The van der Waals surface area contributed by atoms with Gasteiger partial charge in [-0.05, 0) is 116 Å². The Labute approximate surface area is 287 Å². The van der Waals surface area contributed by atoms with E-state index in [0.29, 0.717) is 5.92 Å². The lowest BCUT2D eigenvalue weighted by atomic mass is 10.0. The number of rotatable bonds is 16. The number of thiophene rings is 2. The van der Waals surface area contributed by atoms with Crippen molar-refractivity contribution < 1.29 is 0 Å². The molecule has 3 heteroatoms. The van der Waals surface area contributed by atoms with Gasteiger partial charge in [0.05, 0.1) is 0 Å². The first kappa shape index (κ1) is 34.2. The molecule has 0 aliphatic rings. The number of anilines is 3. The fraction of sp³-hybridized carbons (Fsp3) is 0.395. The maximum Gasteiger partial charge on any atom is 0.0477 e. The molecule has 0 N–H and O–H groups in total. The van der Waals surface area contributed by atoms with Crippen molar-refractivity contribution in [1.29, 1.82) is 0 Å². The Morgan fingerprint density at radius 3 is 1.63 bits per heavy atom. The first-order valence-electron chi connectivity index (χ1n) is 17.7. The van der Waals surface area contributed by atoms with Crippen LogP contribution in [0, 0.1) is 13.8 Å². The molecule has 0 radical (unpaired) electrons. The molecule has 0 atom stereocenters. The molecule has 0 aliphatic carbocycles. The molecule has 5 rings (SSSR count). The van der Waals surface area contributed by atoms with Crippen molar-refractivity contribution in [3.05, 3.63) is 112 Å². The molecule has 46 heavy (non-hydrogen) atoms. The van der Waals surface area contributed by atoms with Crippen molar-refractivity contribution in [2.45, 2.75) is 112 Å². The van der Waals surface area contributed by atoms with Crippen LogP contribution in [0.1, 0.15) is 112 Å². The summed E-state index contributed by atoms with van der Waals surface area (Å²) < 4.78 is 0. The van der Waals surface area contributed by atoms with Gasteiger partial charge < -0.3 is 4.90 Å². The average molecular weight is 648 g/mol. The van der Waals surface area contributed by atoms with E-state index in [-0.39, 0.29) is 0 Å². The molecular formula is C43H53NS2. The van der Waals surface area contributed by atoms with E-state index in [2.05, 4.69) is 131 Å². The van der Waals surface area contributed by atoms with E-state index >= 15 is 0 Å². The number of unbranched alkanes of at least 4 members (excludes halogenated alkanes) is 6. The molecule has 5 aromatic rings. The van der Waals surface area contributed by atoms with Gasteiger partial charge in [-0.3, -0.25) is 0 Å². The number of hydrogen-bond donors (Lipinski definition) is 0. The van der Waals surface area contributed by atoms with Gasteiger partial charge in [-0.25, -0.2) is 0 Å². The molecule has 0 saturated carbocycles. The lowest BCUT2D eigenvalue weighted by molar-refractivity contribution is 0.667. The third-order valence-corrected chi connectivity index (χ3v) is 11.6. The smallest absolute Gasteiger partial charge is 0.0477 e. The van der Waals surface area contributed by atoms with Crippen LogP contribution in [-0.4, -0.2) is 0 Å². The number of nitrogens with zero attached hydrogens (tertiary/aromatic N) is 1. The highest BCUT2D eigenvalue weighted by Gasteiger charge is 2.18. The lowest BCUT2D eigenvalue weighted by Crippen LogP contribution is -2.10. The van der Waals surface area contributed by atoms with Gasteiger partial charge in [-0.1, -0.05) is 108 Å². The standard InChI is InChI=1S/C43H53NS2/c1-7-9-11-13-15-36-29-33(6)45-43(36)41-30-37(16-14-12-10-8-2)42(46-41)35-21-27-40(28-22-35)44(38-23-17-32(5)18-24-38)39-25-19-34(20-26-39)31(3)4/h17-31H,7-16H2,1-6H3. The molecule has 242 valence electrons. The molecule has 1 nitrogen and oxygen atoms in total. The van der Waals surface area contributed by atoms with Crippen LogP contribution in [0.15, 0.2) is 84.9 Å². The van der Waals surface area contributed by atoms with Crippen molar-refractivity contribution >= 4 is 39.7 Å². The van der Waals surface area contributed by atoms with Crippen LogP contribution in [0.4, 0.5) is 17.1 Å². The van der Waals surface area contributed by atoms with E-state index in [1.165, 1.54) is 117 Å². The molecule has 0 aliphatic heterocycles. The van der Waals surface area contributed by atoms with Crippen molar-refractivity contribution in [2.75, 3.05) is 4.90 Å². The second kappa shape index (κ2) is 16.6. The van der Waals surface area contributed by atoms with Crippen molar-refractivity contribution in [3.8, 4) is 20.2 Å². The summed E-state index contributed by atoms with van der Waals surface area (Å²) in [5.74, 6) is 0.517. The highest BCUT2D eigenvalue weighted by atomic mass is 32.1. The summed E-state index contributed by atoms with van der Waals surface area (Å²) in [7, 11) is 0. The van der Waals surface area contributed by atoms with Gasteiger partial charge in [0.15, 0.2) is 0 Å². The highest BCUT2D eigenvalue weighted by molar-refractivity contribution is 7.24. The largest absolute Gasteiger partial charge is 0.311 e. The third-order valence-electron chi connectivity index (χ3n) is 9.06. The monoisotopic (exact) mass is 647 g/mol. The van der Waals surface area contributed by atoms with Crippen LogP contribution in [0.3, 0.4) is 0 Å². The fourth-order valence-electron chi connectivity index (χ4n) is 6.33. The Hall–Kier alpha value is -3.14. The Morgan fingerprint density at radius 1 is 0.565 bits per heavy atom. The first-order chi connectivity index (χ1) is 22.4. The maximum atomic E-state index is 2.54. The maximum absolute atomic E-state index is 2.54. The zero-order valence-corrected chi connectivity index (χ0v) is 30.6. The summed E-state index contributed by atoms with van der Waals surface area (Å²) in [4.78, 5) is 8.23. The van der Waals surface area contributed by atoms with Gasteiger partial charge in [0, 0.05) is 36.6 Å². The highest BCUT2D eigenvalue weighted by Crippen LogP contribution is 2.44. The number of hydrogen-bond acceptors (Lipinski definition) is 3. The average Bonchev–Trinajstić information content (AvgIpc) is 3.66. The molecule has 0 bridgehead atoms. The normalized spacial score (nSPS) is 11.5. The molecule has 3 aromatic carbocycles. The van der Waals surface area contributed by atoms with Crippen LogP contribution in [0.25, 0.3) is 20.2 Å². The minimum absolute atomic E-state index is 0.517. The van der Waals surface area contributed by atoms with Gasteiger partial charge in [0.25, 0.3) is 0 Å². The van der Waals surface area contributed by atoms with Crippen LogP contribution in [0.5, 0.6) is 0 Å². The predicted molar refractivity (Wildman–Crippen MR) is 207 cm³/mol. The Balaban J connectivity index is 1.49. The number of aryl methyl sites for hydroxylation is 4. The quantitative estimate of drug-likeness (QED) is 0.0963. The minimum atomic E-state index is 0.517. The van der Waals surface area contributed by atoms with Crippen molar-refractivity contribution in [3.63, 3.8) is 0 Å². The third kappa shape index (κ3) is 8.60. The minimum Gasteiger partial charge on any atom is -0.311 e. The SMILES string of the molecule is CCCCCCc1cc(-c2sc(C)cc2CCCCCC)sc1-c1ccc(N(c2ccc(C)cc2)c2ccc(C(C)C)cc2)cc1. The van der Waals surface area contributed by atoms with E-state index < -0.39 is 0 Å². The summed E-state index contributed by atoms with van der Waals surface area (Å²) >= 11 is 4.00. The van der Waals surface area contributed by atoms with Crippen molar-refractivity contribution in [1.82, 2.24) is 0 Å². The molecule has 0 unspecified atom stereocenters. The van der Waals surface area contributed by atoms with Gasteiger partial charge >= 0.3 is 0 Å². The summed E-state index contributed by atoms with van der Waals surface area (Å²) in [6.45, 7) is 13.5. The molecular weight excluding hydrogens is 595 g/mol. The van der Waals surface area contributed by atoms with E-state index in [4.69, 9.17) is 0 Å². The summed E-state index contributed by atoms with van der Waals surface area (Å²) in [6, 6.07) is 32.3. The van der Waals surface area contributed by atoms with E-state index in [1.807, 2.05) is 22.7 Å². The van der Waals surface area contributed by atoms with Crippen LogP contribution >= 0.6 is 22.7 Å². The van der Waals surface area contributed by atoms with Crippen LogP contribution in [0.2, 0.25) is 0 Å². The first-order valence-corrected chi connectivity index (χ1v) is 19.3. The van der Waals surface area contributed by atoms with Gasteiger partial charge in [-0.2, -0.15) is 0 Å². The number of benzene rings is 3. The lowest BCUT2D eigenvalue weighted by Gasteiger charge is -2.26. The molecule has 2 aromatic heterocycles. The summed E-state index contributed by atoms with van der Waals surface area (Å²) in [5, 5.41) is 0. The second-order valence-electron chi connectivity index (χ2n) is 13.3. The Kier molecular flexibility index (Phi) is 12.4. The second-order valence-corrected chi connectivity index (χ2v) is 15.6. The van der Waals surface area contributed by atoms with Crippen LogP contribution in [-0.2, 0) is 12.8 Å². The van der Waals surface area contributed by atoms with Gasteiger partial charge in [0.2, 0.25) is 0 Å². The zero-order valence-electron chi connectivity index (χ0n) is 29.0. The summed E-state index contributed by atoms with van der Waals surface area (Å²) in [5.41, 5.74) is 10.6. The van der Waals surface area contributed by atoms with E-state index in [9.17, 15) is 0 Å². The molecule has 2 heterocycles. The molecule has 0 fully saturated rings. The van der Waals surface area contributed by atoms with E-state index in [0.717, 1.165) is 6.42 Å². The Bertz CT molecular complexity index is 1630. The van der Waals surface area contributed by atoms with E-state index in [1.54, 1.807) is 5.56 Å². The zero-order chi connectivity index (χ0) is 32.5. The Morgan fingerprint density at radius 2 is 1.09 bits per heavy atom. The predicted octanol–water partition coefficient (Wildman–Crippen LogP) is 14.6. The topological polar surface area (TPSA) is 3.24 Å². The van der Waals surface area contributed by atoms with Gasteiger partial charge in [0.1, 0.15) is 0 Å². The molecule has 0 spiro atoms. The van der Waals surface area contributed by atoms with Crippen LogP contribution < -0.4 is 4.90 Å².